The van der Waals surface area contributed by atoms with Crippen LogP contribution in [0.15, 0.2) is 24.3 Å². The normalized spacial score (nSPS) is 20.4. The van der Waals surface area contributed by atoms with Gasteiger partial charge in [-0.3, -0.25) is 0 Å². The van der Waals surface area contributed by atoms with Crippen molar-refractivity contribution in [3.63, 3.8) is 0 Å². The summed E-state index contributed by atoms with van der Waals surface area (Å²) in [7, 11) is 0. The van der Waals surface area contributed by atoms with E-state index < -0.39 is 0 Å². The first-order chi connectivity index (χ1) is 10.6. The molecule has 0 spiro atoms. The average molecular weight is 318 g/mol. The topological polar surface area (TPSA) is 22.1 Å². The molecule has 1 unspecified atom stereocenters. The maximum atomic E-state index is 14.3. The first-order valence-electron chi connectivity index (χ1n) is 7.74. The third-order valence-electron chi connectivity index (χ3n) is 4.56. The lowest BCUT2D eigenvalue weighted by Gasteiger charge is -2.27. The maximum Gasteiger partial charge on any atom is 0.218 e. The Bertz CT molecular complexity index is 742. The third kappa shape index (κ3) is 2.48. The summed E-state index contributed by atoms with van der Waals surface area (Å²) in [6.07, 6.45) is 4.55. The molecule has 1 saturated carbocycles. The molecule has 22 heavy (non-hydrogen) atoms. The second kappa shape index (κ2) is 5.24. The average Bonchev–Trinajstić information content (AvgIpc) is 3.30. The minimum atomic E-state index is -0.228. The van der Waals surface area contributed by atoms with Crippen molar-refractivity contribution in [2.45, 2.75) is 38.7 Å². The van der Waals surface area contributed by atoms with E-state index in [1.54, 1.807) is 12.1 Å². The van der Waals surface area contributed by atoms with Gasteiger partial charge < -0.3 is 4.74 Å². The molecule has 1 aliphatic carbocycles. The Morgan fingerprint density at radius 1 is 1.18 bits per heavy atom. The van der Waals surface area contributed by atoms with Gasteiger partial charge in [-0.1, -0.05) is 23.7 Å². The van der Waals surface area contributed by atoms with Crippen LogP contribution in [0.2, 0.25) is 5.15 Å². The van der Waals surface area contributed by atoms with Crippen molar-refractivity contribution in [2.75, 3.05) is 0 Å². The van der Waals surface area contributed by atoms with Crippen LogP contribution in [0.1, 0.15) is 30.4 Å². The highest BCUT2D eigenvalue weighted by Crippen LogP contribution is 2.43. The van der Waals surface area contributed by atoms with Gasteiger partial charge in [0, 0.05) is 11.1 Å². The SMILES string of the molecule is Cc1ccc(-c2cc(Cl)nc3c2CCC(C2CC2)O3)c(F)c1. The van der Waals surface area contributed by atoms with E-state index in [-0.39, 0.29) is 11.9 Å². The molecule has 114 valence electrons. The van der Waals surface area contributed by atoms with Gasteiger partial charge in [0.05, 0.1) is 0 Å². The van der Waals surface area contributed by atoms with Gasteiger partial charge in [-0.15, -0.1) is 0 Å². The number of aryl methyl sites for hydroxylation is 1. The lowest BCUT2D eigenvalue weighted by molar-refractivity contribution is 0.144. The van der Waals surface area contributed by atoms with Gasteiger partial charge in [-0.25, -0.2) is 9.37 Å². The molecular weight excluding hydrogens is 301 g/mol. The zero-order valence-corrected chi connectivity index (χ0v) is 13.2. The molecule has 0 bridgehead atoms. The van der Waals surface area contributed by atoms with Crippen molar-refractivity contribution in [3.8, 4) is 17.0 Å². The van der Waals surface area contributed by atoms with Crippen LogP contribution < -0.4 is 4.74 Å². The number of aromatic nitrogens is 1. The van der Waals surface area contributed by atoms with Crippen LogP contribution in [0.3, 0.4) is 0 Å². The number of hydrogen-bond donors (Lipinski definition) is 0. The summed E-state index contributed by atoms with van der Waals surface area (Å²) in [5.41, 5.74) is 3.26. The van der Waals surface area contributed by atoms with E-state index in [0.29, 0.717) is 22.5 Å². The van der Waals surface area contributed by atoms with Gasteiger partial charge >= 0.3 is 0 Å². The molecule has 4 heteroatoms. The molecule has 0 radical (unpaired) electrons. The highest BCUT2D eigenvalue weighted by Gasteiger charge is 2.36. The molecular formula is C18H17ClFNO. The van der Waals surface area contributed by atoms with E-state index in [0.717, 1.165) is 29.5 Å². The number of nitrogens with zero attached hydrogens (tertiary/aromatic N) is 1. The smallest absolute Gasteiger partial charge is 0.218 e. The van der Waals surface area contributed by atoms with Gasteiger partial charge in [-0.2, -0.15) is 0 Å². The fourth-order valence-electron chi connectivity index (χ4n) is 3.22. The summed E-state index contributed by atoms with van der Waals surface area (Å²) in [6, 6.07) is 7.01. The fourth-order valence-corrected chi connectivity index (χ4v) is 3.41. The van der Waals surface area contributed by atoms with E-state index >= 15 is 0 Å². The first kappa shape index (κ1) is 14.0. The molecule has 1 aliphatic heterocycles. The van der Waals surface area contributed by atoms with Gasteiger partial charge in [0.25, 0.3) is 0 Å². The second-order valence-corrected chi connectivity index (χ2v) is 6.68. The Labute approximate surface area is 134 Å². The standard InChI is InChI=1S/C18H17ClFNO/c1-10-2-5-12(15(20)8-10)14-9-17(19)21-18-13(14)6-7-16(22-18)11-3-4-11/h2,5,8-9,11,16H,3-4,6-7H2,1H3. The molecule has 4 rings (SSSR count). The number of rotatable bonds is 2. The van der Waals surface area contributed by atoms with Crippen LogP contribution in [-0.4, -0.2) is 11.1 Å². The van der Waals surface area contributed by atoms with Crippen LogP contribution in [-0.2, 0) is 6.42 Å². The number of halogens is 2. The van der Waals surface area contributed by atoms with E-state index in [9.17, 15) is 4.39 Å². The Morgan fingerprint density at radius 2 is 2.00 bits per heavy atom. The summed E-state index contributed by atoms with van der Waals surface area (Å²) in [6.45, 7) is 1.88. The van der Waals surface area contributed by atoms with Gasteiger partial charge in [0.2, 0.25) is 5.88 Å². The van der Waals surface area contributed by atoms with Crippen LogP contribution in [0.5, 0.6) is 5.88 Å². The number of ether oxygens (including phenoxy) is 1. The Kier molecular flexibility index (Phi) is 3.33. The molecule has 0 N–H and O–H groups in total. The predicted molar refractivity (Wildman–Crippen MR) is 84.8 cm³/mol. The van der Waals surface area contributed by atoms with Crippen LogP contribution in [0.4, 0.5) is 4.39 Å². The molecule has 2 aliphatic rings. The number of benzene rings is 1. The molecule has 2 aromatic rings. The van der Waals surface area contributed by atoms with Crippen molar-refractivity contribution in [2.24, 2.45) is 5.92 Å². The maximum absolute atomic E-state index is 14.3. The van der Waals surface area contributed by atoms with Crippen molar-refractivity contribution in [1.82, 2.24) is 4.98 Å². The van der Waals surface area contributed by atoms with Gasteiger partial charge in [0.1, 0.15) is 17.1 Å². The molecule has 1 aromatic heterocycles. The van der Waals surface area contributed by atoms with Crippen LogP contribution >= 0.6 is 11.6 Å². The summed E-state index contributed by atoms with van der Waals surface area (Å²) in [5.74, 6) is 1.02. The molecule has 2 nitrogen and oxygen atoms in total. The van der Waals surface area contributed by atoms with Crippen LogP contribution in [0.25, 0.3) is 11.1 Å². The van der Waals surface area contributed by atoms with Gasteiger partial charge in [-0.05, 0) is 61.8 Å². The van der Waals surface area contributed by atoms with Crippen molar-refractivity contribution in [3.05, 3.63) is 46.4 Å². The molecule has 1 aromatic carbocycles. The van der Waals surface area contributed by atoms with Crippen molar-refractivity contribution < 1.29 is 9.13 Å². The minimum absolute atomic E-state index is 0.228. The Balaban J connectivity index is 1.80. The van der Waals surface area contributed by atoms with Gasteiger partial charge in [0.15, 0.2) is 0 Å². The Morgan fingerprint density at radius 3 is 2.73 bits per heavy atom. The number of fused-ring (bicyclic) bond motifs is 1. The fraction of sp³-hybridized carbons (Fsp3) is 0.389. The predicted octanol–water partition coefficient (Wildman–Crippen LogP) is 4.95. The summed E-state index contributed by atoms with van der Waals surface area (Å²) < 4.78 is 20.4. The van der Waals surface area contributed by atoms with E-state index in [1.165, 1.54) is 12.8 Å². The van der Waals surface area contributed by atoms with Crippen molar-refractivity contribution >= 4 is 11.6 Å². The van der Waals surface area contributed by atoms with E-state index in [1.807, 2.05) is 19.1 Å². The monoisotopic (exact) mass is 317 g/mol. The van der Waals surface area contributed by atoms with E-state index in [4.69, 9.17) is 16.3 Å². The third-order valence-corrected chi connectivity index (χ3v) is 4.75. The molecule has 0 saturated heterocycles. The molecule has 1 atom stereocenters. The first-order valence-corrected chi connectivity index (χ1v) is 8.12. The van der Waals surface area contributed by atoms with Crippen LogP contribution in [0, 0.1) is 18.7 Å². The quantitative estimate of drug-likeness (QED) is 0.731. The number of pyridine rings is 1. The molecule has 1 fully saturated rings. The summed E-state index contributed by atoms with van der Waals surface area (Å²) in [5, 5.41) is 0.352. The number of hydrogen-bond acceptors (Lipinski definition) is 2. The second-order valence-electron chi connectivity index (χ2n) is 6.29. The lowest BCUT2D eigenvalue weighted by atomic mass is 9.93. The Hall–Kier alpha value is -1.61. The largest absolute Gasteiger partial charge is 0.474 e. The highest BCUT2D eigenvalue weighted by atomic mass is 35.5. The highest BCUT2D eigenvalue weighted by molar-refractivity contribution is 6.29. The zero-order valence-electron chi connectivity index (χ0n) is 12.4. The summed E-state index contributed by atoms with van der Waals surface area (Å²) in [4.78, 5) is 4.33. The molecule has 2 heterocycles. The zero-order chi connectivity index (χ0) is 15.3. The molecule has 0 amide bonds. The van der Waals surface area contributed by atoms with Crippen molar-refractivity contribution in [1.29, 1.82) is 0 Å². The summed E-state index contributed by atoms with van der Waals surface area (Å²) >= 11 is 6.14. The lowest BCUT2D eigenvalue weighted by Crippen LogP contribution is -2.25. The van der Waals surface area contributed by atoms with E-state index in [2.05, 4.69) is 4.98 Å². The minimum Gasteiger partial charge on any atom is -0.474 e.